The van der Waals surface area contributed by atoms with E-state index in [0.717, 1.165) is 18.8 Å². The number of nitrogens with zero attached hydrogens (tertiary/aromatic N) is 1. The third kappa shape index (κ3) is 2.60. The molecule has 0 bridgehead atoms. The van der Waals surface area contributed by atoms with E-state index in [1.165, 1.54) is 26.4 Å². The van der Waals surface area contributed by atoms with Crippen molar-refractivity contribution in [1.29, 1.82) is 0 Å². The second-order valence-electron chi connectivity index (χ2n) is 5.64. The second kappa shape index (κ2) is 5.73. The molecule has 20 heavy (non-hydrogen) atoms. The first kappa shape index (κ1) is 14.7. The van der Waals surface area contributed by atoms with Gasteiger partial charge in [0.1, 0.15) is 0 Å². The highest BCUT2D eigenvalue weighted by molar-refractivity contribution is 5.96. The molecule has 0 radical (unpaired) electrons. The van der Waals surface area contributed by atoms with Crippen LogP contribution in [0.2, 0.25) is 0 Å². The maximum absolute atomic E-state index is 11.7. The van der Waals surface area contributed by atoms with Crippen molar-refractivity contribution in [3.05, 3.63) is 23.8 Å². The summed E-state index contributed by atoms with van der Waals surface area (Å²) in [6.07, 6.45) is 3.59. The Morgan fingerprint density at radius 1 is 1.40 bits per heavy atom. The van der Waals surface area contributed by atoms with Crippen molar-refractivity contribution in [2.75, 3.05) is 30.8 Å². The van der Waals surface area contributed by atoms with Gasteiger partial charge in [0.15, 0.2) is 0 Å². The SMILES string of the molecule is CCC1(CC)CCN(c2ccc(N)c(C(=O)OC)c2)C1. The number of carbonyl (C=O) groups excluding carboxylic acids is 1. The molecule has 1 aliphatic rings. The number of methoxy groups -OCH3 is 1. The number of esters is 1. The van der Waals surface area contributed by atoms with Gasteiger partial charge in [0.2, 0.25) is 0 Å². The van der Waals surface area contributed by atoms with E-state index in [9.17, 15) is 4.79 Å². The highest BCUT2D eigenvalue weighted by atomic mass is 16.5. The van der Waals surface area contributed by atoms with Crippen LogP contribution in [0.5, 0.6) is 0 Å². The molecule has 0 aromatic heterocycles. The van der Waals surface area contributed by atoms with E-state index in [1.807, 2.05) is 12.1 Å². The molecule has 0 spiro atoms. The van der Waals surface area contributed by atoms with Crippen molar-refractivity contribution in [2.24, 2.45) is 5.41 Å². The molecule has 1 fully saturated rings. The zero-order chi connectivity index (χ0) is 14.8. The maximum Gasteiger partial charge on any atom is 0.340 e. The summed E-state index contributed by atoms with van der Waals surface area (Å²) in [4.78, 5) is 14.1. The first-order valence-electron chi connectivity index (χ1n) is 7.28. The largest absolute Gasteiger partial charge is 0.465 e. The van der Waals surface area contributed by atoms with Crippen molar-refractivity contribution >= 4 is 17.3 Å². The van der Waals surface area contributed by atoms with Crippen molar-refractivity contribution in [2.45, 2.75) is 33.1 Å². The van der Waals surface area contributed by atoms with E-state index in [-0.39, 0.29) is 5.97 Å². The Balaban J connectivity index is 2.25. The molecule has 4 heteroatoms. The molecule has 0 unspecified atom stereocenters. The number of carbonyl (C=O) groups is 1. The van der Waals surface area contributed by atoms with Crippen LogP contribution in [0.4, 0.5) is 11.4 Å². The maximum atomic E-state index is 11.7. The van der Waals surface area contributed by atoms with Gasteiger partial charge in [-0.1, -0.05) is 13.8 Å². The van der Waals surface area contributed by atoms with Crippen LogP contribution in [0.1, 0.15) is 43.5 Å². The van der Waals surface area contributed by atoms with Gasteiger partial charge in [-0.15, -0.1) is 0 Å². The summed E-state index contributed by atoms with van der Waals surface area (Å²) < 4.78 is 4.78. The Kier molecular flexibility index (Phi) is 4.21. The molecule has 4 nitrogen and oxygen atoms in total. The first-order chi connectivity index (χ1) is 9.55. The zero-order valence-electron chi connectivity index (χ0n) is 12.6. The van der Waals surface area contributed by atoms with Gasteiger partial charge in [0, 0.05) is 24.5 Å². The van der Waals surface area contributed by atoms with Gasteiger partial charge in [0.05, 0.1) is 12.7 Å². The fourth-order valence-electron chi connectivity index (χ4n) is 3.01. The van der Waals surface area contributed by atoms with Crippen LogP contribution in [-0.2, 0) is 4.74 Å². The number of nitrogens with two attached hydrogens (primary N) is 1. The van der Waals surface area contributed by atoms with E-state index in [2.05, 4.69) is 18.7 Å². The van der Waals surface area contributed by atoms with E-state index in [1.54, 1.807) is 6.07 Å². The van der Waals surface area contributed by atoms with Crippen molar-refractivity contribution < 1.29 is 9.53 Å². The molecule has 0 aliphatic carbocycles. The predicted molar refractivity (Wildman–Crippen MR) is 82.0 cm³/mol. The second-order valence-corrected chi connectivity index (χ2v) is 5.64. The van der Waals surface area contributed by atoms with Gasteiger partial charge in [-0.3, -0.25) is 0 Å². The molecule has 0 amide bonds. The van der Waals surface area contributed by atoms with Crippen molar-refractivity contribution in [1.82, 2.24) is 0 Å². The zero-order valence-corrected chi connectivity index (χ0v) is 12.6. The number of rotatable bonds is 4. The van der Waals surface area contributed by atoms with E-state index >= 15 is 0 Å². The summed E-state index contributed by atoms with van der Waals surface area (Å²) in [5.74, 6) is -0.374. The molecular formula is C16H24N2O2. The lowest BCUT2D eigenvalue weighted by Gasteiger charge is -2.27. The van der Waals surface area contributed by atoms with Gasteiger partial charge in [-0.2, -0.15) is 0 Å². The number of benzene rings is 1. The van der Waals surface area contributed by atoms with Gasteiger partial charge in [-0.25, -0.2) is 4.79 Å². The summed E-state index contributed by atoms with van der Waals surface area (Å²) >= 11 is 0. The van der Waals surface area contributed by atoms with Crippen LogP contribution in [0, 0.1) is 5.41 Å². The van der Waals surface area contributed by atoms with E-state index in [4.69, 9.17) is 10.5 Å². The molecule has 1 heterocycles. The Morgan fingerprint density at radius 3 is 2.65 bits per heavy atom. The molecule has 110 valence electrons. The van der Waals surface area contributed by atoms with Crippen molar-refractivity contribution in [3.8, 4) is 0 Å². The molecule has 1 aliphatic heterocycles. The molecule has 0 saturated carbocycles. The van der Waals surface area contributed by atoms with Gasteiger partial charge >= 0.3 is 5.97 Å². The summed E-state index contributed by atoms with van der Waals surface area (Å²) in [7, 11) is 1.38. The normalized spacial score (nSPS) is 17.2. The topological polar surface area (TPSA) is 55.6 Å². The Bertz CT molecular complexity index is 495. The van der Waals surface area contributed by atoms with Crippen LogP contribution < -0.4 is 10.6 Å². The van der Waals surface area contributed by atoms with Crippen LogP contribution in [0.15, 0.2) is 18.2 Å². The molecule has 2 rings (SSSR count). The number of ether oxygens (including phenoxy) is 1. The molecule has 1 aromatic carbocycles. The van der Waals surface area contributed by atoms with E-state index in [0.29, 0.717) is 16.7 Å². The Hall–Kier alpha value is -1.71. The number of anilines is 2. The standard InChI is InChI=1S/C16H24N2O2/c1-4-16(5-2)8-9-18(11-16)12-6-7-14(17)13(10-12)15(19)20-3/h6-7,10H,4-5,8-9,11,17H2,1-3H3. The minimum absolute atomic E-state index is 0.374. The molecule has 0 atom stereocenters. The minimum atomic E-state index is -0.374. The first-order valence-corrected chi connectivity index (χ1v) is 7.28. The summed E-state index contributed by atoms with van der Waals surface area (Å²) in [6.45, 7) is 6.60. The summed E-state index contributed by atoms with van der Waals surface area (Å²) in [5.41, 5.74) is 8.24. The Labute approximate surface area is 120 Å². The van der Waals surface area contributed by atoms with Crippen LogP contribution in [0.25, 0.3) is 0 Å². The summed E-state index contributed by atoms with van der Waals surface area (Å²) in [6, 6.07) is 5.63. The third-order valence-corrected chi connectivity index (χ3v) is 4.75. The highest BCUT2D eigenvalue weighted by Gasteiger charge is 2.35. The lowest BCUT2D eigenvalue weighted by Crippen LogP contribution is -2.26. The quantitative estimate of drug-likeness (QED) is 0.678. The number of nitrogen functional groups attached to an aromatic ring is 1. The molecule has 2 N–H and O–H groups in total. The van der Waals surface area contributed by atoms with Crippen molar-refractivity contribution in [3.63, 3.8) is 0 Å². The predicted octanol–water partition coefficient (Wildman–Crippen LogP) is 3.07. The number of hydrogen-bond acceptors (Lipinski definition) is 4. The average Bonchev–Trinajstić information content (AvgIpc) is 2.92. The van der Waals surface area contributed by atoms with Gasteiger partial charge in [-0.05, 0) is 42.9 Å². The average molecular weight is 276 g/mol. The third-order valence-electron chi connectivity index (χ3n) is 4.75. The summed E-state index contributed by atoms with van der Waals surface area (Å²) in [5, 5.41) is 0. The fourth-order valence-corrected chi connectivity index (χ4v) is 3.01. The van der Waals surface area contributed by atoms with Crippen LogP contribution in [0.3, 0.4) is 0 Å². The minimum Gasteiger partial charge on any atom is -0.465 e. The molecule has 1 saturated heterocycles. The van der Waals surface area contributed by atoms with E-state index < -0.39 is 0 Å². The molecular weight excluding hydrogens is 252 g/mol. The highest BCUT2D eigenvalue weighted by Crippen LogP contribution is 2.39. The lowest BCUT2D eigenvalue weighted by molar-refractivity contribution is 0.0602. The number of hydrogen-bond donors (Lipinski definition) is 1. The van der Waals surface area contributed by atoms with Gasteiger partial charge in [0.25, 0.3) is 0 Å². The van der Waals surface area contributed by atoms with Gasteiger partial charge < -0.3 is 15.4 Å². The molecule has 1 aromatic rings. The smallest absolute Gasteiger partial charge is 0.340 e. The van der Waals surface area contributed by atoms with Crippen LogP contribution >= 0.6 is 0 Å². The Morgan fingerprint density at radius 2 is 2.10 bits per heavy atom. The lowest BCUT2D eigenvalue weighted by atomic mass is 9.82. The van der Waals surface area contributed by atoms with Crippen LogP contribution in [-0.4, -0.2) is 26.2 Å². The fraction of sp³-hybridized carbons (Fsp3) is 0.562. The monoisotopic (exact) mass is 276 g/mol.